The zero-order valence-corrected chi connectivity index (χ0v) is 10.1. The first-order valence-corrected chi connectivity index (χ1v) is 5.12. The topological polar surface area (TPSA) is 26.0 Å². The lowest BCUT2D eigenvalue weighted by molar-refractivity contribution is -0.138. The van der Waals surface area contributed by atoms with Gasteiger partial charge in [-0.3, -0.25) is 0 Å². The van der Waals surface area contributed by atoms with Crippen LogP contribution in [-0.4, -0.2) is 6.18 Å². The maximum Gasteiger partial charge on any atom is 0.390 e. The fourth-order valence-corrected chi connectivity index (χ4v) is 2.58. The maximum atomic E-state index is 11.9. The molecule has 0 saturated carbocycles. The van der Waals surface area contributed by atoms with E-state index in [2.05, 4.69) is 15.9 Å². The highest BCUT2D eigenvalue weighted by molar-refractivity contribution is 9.10. The summed E-state index contributed by atoms with van der Waals surface area (Å²) in [6.07, 6.45) is -5.19. The molecule has 0 amide bonds. The average molecular weight is 311 g/mol. The minimum atomic E-state index is -4.21. The third kappa shape index (κ3) is 4.16. The molecule has 82 valence electrons. The van der Waals surface area contributed by atoms with Crippen LogP contribution < -0.4 is 5.73 Å². The molecule has 14 heavy (non-hydrogen) atoms. The van der Waals surface area contributed by atoms with Gasteiger partial charge < -0.3 is 5.73 Å². The van der Waals surface area contributed by atoms with E-state index in [-0.39, 0.29) is 12.4 Å². The van der Waals surface area contributed by atoms with Gasteiger partial charge in [-0.2, -0.15) is 13.2 Å². The second kappa shape index (κ2) is 5.34. The van der Waals surface area contributed by atoms with Crippen molar-refractivity contribution in [3.8, 4) is 0 Å². The third-order valence-electron chi connectivity index (χ3n) is 1.43. The van der Waals surface area contributed by atoms with Crippen molar-refractivity contribution in [2.45, 2.75) is 18.6 Å². The standard InChI is InChI=1S/C7H7BrF3NS.ClH/c8-4-1-2-13-6(4)5(12)3-7(9,10)11;/h1-2,5H,3,12H2;1H/t5-;/m0./s1. The van der Waals surface area contributed by atoms with E-state index in [0.717, 1.165) is 0 Å². The van der Waals surface area contributed by atoms with Gasteiger partial charge in [0.05, 0.1) is 6.42 Å². The first-order chi connectivity index (χ1) is 5.90. The minimum absolute atomic E-state index is 0. The van der Waals surface area contributed by atoms with Gasteiger partial charge >= 0.3 is 6.18 Å². The third-order valence-corrected chi connectivity index (χ3v) is 3.44. The molecule has 1 nitrogen and oxygen atoms in total. The van der Waals surface area contributed by atoms with Gasteiger partial charge in [-0.05, 0) is 27.4 Å². The van der Waals surface area contributed by atoms with Crippen LogP contribution in [0.5, 0.6) is 0 Å². The molecule has 0 spiro atoms. The van der Waals surface area contributed by atoms with E-state index >= 15 is 0 Å². The van der Waals surface area contributed by atoms with Crippen molar-refractivity contribution >= 4 is 39.7 Å². The number of nitrogens with two attached hydrogens (primary N) is 1. The number of hydrogen-bond acceptors (Lipinski definition) is 2. The highest BCUT2D eigenvalue weighted by Gasteiger charge is 2.31. The summed E-state index contributed by atoms with van der Waals surface area (Å²) in [7, 11) is 0. The Morgan fingerprint density at radius 2 is 2.07 bits per heavy atom. The summed E-state index contributed by atoms with van der Waals surface area (Å²) in [5, 5.41) is 1.70. The van der Waals surface area contributed by atoms with Gasteiger partial charge in [-0.1, -0.05) is 0 Å². The number of thiophene rings is 1. The van der Waals surface area contributed by atoms with Crippen molar-refractivity contribution in [2.75, 3.05) is 0 Å². The number of hydrogen-bond donors (Lipinski definition) is 1. The average Bonchev–Trinajstić information content (AvgIpc) is 2.30. The normalized spacial score (nSPS) is 13.5. The summed E-state index contributed by atoms with van der Waals surface area (Å²) in [5.41, 5.74) is 5.39. The molecule has 1 heterocycles. The molecule has 0 aliphatic rings. The Labute approximate surface area is 98.0 Å². The second-order valence-corrected chi connectivity index (χ2v) is 4.36. The van der Waals surface area contributed by atoms with Crippen LogP contribution in [0, 0.1) is 0 Å². The van der Waals surface area contributed by atoms with Crippen LogP contribution in [0.3, 0.4) is 0 Å². The van der Waals surface area contributed by atoms with Gasteiger partial charge in [0, 0.05) is 15.4 Å². The Bertz CT molecular complexity index is 289. The first kappa shape index (κ1) is 14.2. The van der Waals surface area contributed by atoms with Crippen LogP contribution in [0.4, 0.5) is 13.2 Å². The summed E-state index contributed by atoms with van der Waals surface area (Å²) in [6, 6.07) is 0.727. The van der Waals surface area contributed by atoms with Crippen molar-refractivity contribution in [1.29, 1.82) is 0 Å². The van der Waals surface area contributed by atoms with E-state index in [4.69, 9.17) is 5.73 Å². The lowest BCUT2D eigenvalue weighted by Crippen LogP contribution is -2.19. The molecular formula is C7H8BrClF3NS. The lowest BCUT2D eigenvalue weighted by Gasteiger charge is -2.12. The molecule has 0 bridgehead atoms. The predicted octanol–water partition coefficient (Wildman–Crippen LogP) is 3.88. The molecule has 0 aliphatic carbocycles. The van der Waals surface area contributed by atoms with E-state index in [0.29, 0.717) is 9.35 Å². The van der Waals surface area contributed by atoms with Crippen LogP contribution in [0.1, 0.15) is 17.3 Å². The second-order valence-electron chi connectivity index (χ2n) is 2.56. The van der Waals surface area contributed by atoms with Crippen LogP contribution in [0.2, 0.25) is 0 Å². The zero-order chi connectivity index (χ0) is 10.1. The lowest BCUT2D eigenvalue weighted by atomic mass is 10.2. The van der Waals surface area contributed by atoms with Crippen LogP contribution in [0.15, 0.2) is 15.9 Å². The van der Waals surface area contributed by atoms with E-state index in [1.54, 1.807) is 11.4 Å². The van der Waals surface area contributed by atoms with Crippen molar-refractivity contribution in [3.63, 3.8) is 0 Å². The van der Waals surface area contributed by atoms with Crippen molar-refractivity contribution in [3.05, 3.63) is 20.8 Å². The van der Waals surface area contributed by atoms with E-state index < -0.39 is 18.6 Å². The first-order valence-electron chi connectivity index (χ1n) is 3.45. The van der Waals surface area contributed by atoms with Crippen molar-refractivity contribution in [2.24, 2.45) is 5.73 Å². The van der Waals surface area contributed by atoms with Crippen molar-refractivity contribution < 1.29 is 13.2 Å². The highest BCUT2D eigenvalue weighted by atomic mass is 79.9. The Morgan fingerprint density at radius 3 is 2.43 bits per heavy atom. The number of halogens is 5. The van der Waals surface area contributed by atoms with Crippen LogP contribution in [0.25, 0.3) is 0 Å². The van der Waals surface area contributed by atoms with Crippen molar-refractivity contribution in [1.82, 2.24) is 0 Å². The molecule has 1 rings (SSSR count). The number of alkyl halides is 3. The molecule has 0 aromatic carbocycles. The molecule has 2 N–H and O–H groups in total. The largest absolute Gasteiger partial charge is 0.390 e. The van der Waals surface area contributed by atoms with Gasteiger partial charge in [0.1, 0.15) is 0 Å². The Hall–Kier alpha value is 0.220. The fraction of sp³-hybridized carbons (Fsp3) is 0.429. The summed E-state index contributed by atoms with van der Waals surface area (Å²) in [4.78, 5) is 0.539. The molecule has 1 aromatic heterocycles. The molecule has 0 unspecified atom stereocenters. The van der Waals surface area contributed by atoms with Gasteiger partial charge in [0.2, 0.25) is 0 Å². The minimum Gasteiger partial charge on any atom is -0.323 e. The van der Waals surface area contributed by atoms with Gasteiger partial charge in [-0.25, -0.2) is 0 Å². The van der Waals surface area contributed by atoms with E-state index in [1.807, 2.05) is 0 Å². The van der Waals surface area contributed by atoms with E-state index in [1.165, 1.54) is 11.3 Å². The maximum absolute atomic E-state index is 11.9. The SMILES string of the molecule is Cl.N[C@@H](CC(F)(F)F)c1sccc1Br. The summed E-state index contributed by atoms with van der Waals surface area (Å²) < 4.78 is 36.5. The van der Waals surface area contributed by atoms with Gasteiger partial charge in [0.25, 0.3) is 0 Å². The summed E-state index contributed by atoms with van der Waals surface area (Å²) >= 11 is 4.36. The van der Waals surface area contributed by atoms with Crippen LogP contribution >= 0.6 is 39.7 Å². The molecule has 0 fully saturated rings. The van der Waals surface area contributed by atoms with Gasteiger partial charge in [0.15, 0.2) is 0 Å². The Kier molecular flexibility index (Phi) is 5.43. The van der Waals surface area contributed by atoms with Gasteiger partial charge in [-0.15, -0.1) is 23.7 Å². The van der Waals surface area contributed by atoms with E-state index in [9.17, 15) is 13.2 Å². The smallest absolute Gasteiger partial charge is 0.323 e. The molecule has 7 heteroatoms. The highest BCUT2D eigenvalue weighted by Crippen LogP contribution is 2.34. The monoisotopic (exact) mass is 309 g/mol. The molecule has 0 aliphatic heterocycles. The molecule has 1 atom stereocenters. The molecular weight excluding hydrogens is 303 g/mol. The predicted molar refractivity (Wildman–Crippen MR) is 56.9 cm³/mol. The van der Waals surface area contributed by atoms with Crippen LogP contribution in [-0.2, 0) is 0 Å². The fourth-order valence-electron chi connectivity index (χ4n) is 0.912. The molecule has 0 radical (unpaired) electrons. The summed E-state index contributed by atoms with van der Waals surface area (Å²) in [5.74, 6) is 0. The quantitative estimate of drug-likeness (QED) is 0.881. The molecule has 1 aromatic rings. The Balaban J connectivity index is 0.00000169. The number of rotatable bonds is 2. The molecule has 0 saturated heterocycles. The summed E-state index contributed by atoms with van der Waals surface area (Å²) in [6.45, 7) is 0. The Morgan fingerprint density at radius 1 is 1.50 bits per heavy atom. The zero-order valence-electron chi connectivity index (χ0n) is 6.84.